The van der Waals surface area contributed by atoms with Crippen LogP contribution in [-0.4, -0.2) is 21.3 Å². The second-order valence-electron chi connectivity index (χ2n) is 5.02. The molecular formula is C16H16N3O3S-. The number of hydrogen-bond acceptors (Lipinski definition) is 6. The van der Waals surface area contributed by atoms with Gasteiger partial charge in [0.15, 0.2) is 5.16 Å². The number of nitrogens with zero attached hydrogens (tertiary/aromatic N) is 3. The number of nitriles is 1. The molecule has 1 aromatic heterocycles. The highest BCUT2D eigenvalue weighted by Gasteiger charge is 2.12. The molecule has 120 valence electrons. The van der Waals surface area contributed by atoms with Crippen LogP contribution < -0.4 is 10.7 Å². The number of carbonyl (C=O) groups is 1. The number of thioether (sulfide) groups is 1. The minimum atomic E-state index is -1.31. The number of carbonyl (C=O) groups excluding carboxylic acids is 1. The Kier molecular flexibility index (Phi) is 5.77. The lowest BCUT2D eigenvalue weighted by molar-refractivity contribution is -0.255. The Morgan fingerprint density at radius 3 is 2.87 bits per heavy atom. The van der Waals surface area contributed by atoms with Crippen LogP contribution in [0.2, 0.25) is 0 Å². The first-order valence-corrected chi connectivity index (χ1v) is 8.32. The van der Waals surface area contributed by atoms with Crippen molar-refractivity contribution in [2.24, 2.45) is 0 Å². The van der Waals surface area contributed by atoms with E-state index in [0.717, 1.165) is 19.3 Å². The molecule has 6 nitrogen and oxygen atoms in total. The average molecular weight is 330 g/mol. The van der Waals surface area contributed by atoms with Crippen molar-refractivity contribution in [1.29, 1.82) is 5.26 Å². The lowest BCUT2D eigenvalue weighted by atomic mass is 10.1. The average Bonchev–Trinajstić information content (AvgIpc) is 2.54. The number of fused-ring (bicyclic) bond motifs is 1. The van der Waals surface area contributed by atoms with E-state index in [4.69, 9.17) is 5.26 Å². The SMILES string of the molecule is CCCCCn1c(SCC#N)nc2cc(C(=O)[O-])ccc2c1=O. The molecule has 0 N–H and O–H groups in total. The van der Waals surface area contributed by atoms with Crippen LogP contribution in [-0.2, 0) is 6.54 Å². The van der Waals surface area contributed by atoms with Gasteiger partial charge in [-0.3, -0.25) is 9.36 Å². The van der Waals surface area contributed by atoms with Crippen LogP contribution in [0.1, 0.15) is 36.5 Å². The molecule has 0 aliphatic carbocycles. The van der Waals surface area contributed by atoms with Crippen molar-refractivity contribution in [1.82, 2.24) is 9.55 Å². The predicted octanol–water partition coefficient (Wildman–Crippen LogP) is 1.57. The summed E-state index contributed by atoms with van der Waals surface area (Å²) in [5.74, 6) is -1.14. The van der Waals surface area contributed by atoms with Crippen LogP contribution in [0, 0.1) is 11.3 Å². The Hall–Kier alpha value is -2.33. The van der Waals surface area contributed by atoms with Gasteiger partial charge in [0.25, 0.3) is 5.56 Å². The molecule has 0 aliphatic heterocycles. The van der Waals surface area contributed by atoms with Crippen molar-refractivity contribution in [2.75, 3.05) is 5.75 Å². The Bertz CT molecular complexity index is 824. The van der Waals surface area contributed by atoms with E-state index < -0.39 is 5.97 Å². The molecule has 0 aliphatic rings. The van der Waals surface area contributed by atoms with E-state index in [1.807, 2.05) is 6.07 Å². The minimum absolute atomic E-state index is 0.0237. The van der Waals surface area contributed by atoms with Crippen molar-refractivity contribution in [3.05, 3.63) is 34.1 Å². The highest BCUT2D eigenvalue weighted by molar-refractivity contribution is 7.99. The quantitative estimate of drug-likeness (QED) is 0.434. The molecule has 1 aromatic carbocycles. The molecule has 7 heteroatoms. The molecular weight excluding hydrogens is 314 g/mol. The number of carboxylic acid groups (broad SMARTS) is 1. The maximum Gasteiger partial charge on any atom is 0.262 e. The van der Waals surface area contributed by atoms with Crippen molar-refractivity contribution in [3.8, 4) is 6.07 Å². The lowest BCUT2D eigenvalue weighted by Crippen LogP contribution is -2.25. The Balaban J connectivity index is 2.55. The van der Waals surface area contributed by atoms with Crippen LogP contribution in [0.15, 0.2) is 28.2 Å². The van der Waals surface area contributed by atoms with Crippen molar-refractivity contribution < 1.29 is 9.90 Å². The van der Waals surface area contributed by atoms with Crippen LogP contribution >= 0.6 is 11.8 Å². The maximum absolute atomic E-state index is 12.7. The number of rotatable bonds is 7. The van der Waals surface area contributed by atoms with Crippen molar-refractivity contribution >= 4 is 28.6 Å². The number of carboxylic acids is 1. The summed E-state index contributed by atoms with van der Waals surface area (Å²) in [4.78, 5) is 28.0. The molecule has 0 amide bonds. The maximum atomic E-state index is 12.7. The highest BCUT2D eigenvalue weighted by atomic mass is 32.2. The van der Waals surface area contributed by atoms with E-state index in [1.165, 1.54) is 30.0 Å². The van der Waals surface area contributed by atoms with E-state index in [9.17, 15) is 14.7 Å². The monoisotopic (exact) mass is 330 g/mol. The first-order valence-electron chi connectivity index (χ1n) is 7.34. The number of aromatic carboxylic acids is 1. The third kappa shape index (κ3) is 3.90. The van der Waals surface area contributed by atoms with E-state index in [1.54, 1.807) is 4.57 Å². The lowest BCUT2D eigenvalue weighted by Gasteiger charge is -2.12. The summed E-state index contributed by atoms with van der Waals surface area (Å²) in [6.07, 6.45) is 2.88. The Labute approximate surface area is 137 Å². The van der Waals surface area contributed by atoms with E-state index in [2.05, 4.69) is 11.9 Å². The van der Waals surface area contributed by atoms with E-state index >= 15 is 0 Å². The summed E-state index contributed by atoms with van der Waals surface area (Å²) in [7, 11) is 0. The fraction of sp³-hybridized carbons (Fsp3) is 0.375. The molecule has 0 spiro atoms. The third-order valence-corrected chi connectivity index (χ3v) is 4.25. The second kappa shape index (κ2) is 7.79. The molecule has 2 rings (SSSR count). The summed E-state index contributed by atoms with van der Waals surface area (Å²) in [6.45, 7) is 2.61. The first-order chi connectivity index (χ1) is 11.1. The van der Waals surface area contributed by atoms with Crippen molar-refractivity contribution in [3.63, 3.8) is 0 Å². The summed E-state index contributed by atoms with van der Waals surface area (Å²) >= 11 is 1.18. The zero-order valence-corrected chi connectivity index (χ0v) is 13.6. The summed E-state index contributed by atoms with van der Waals surface area (Å²) in [5, 5.41) is 20.5. The predicted molar refractivity (Wildman–Crippen MR) is 86.2 cm³/mol. The number of benzene rings is 1. The topological polar surface area (TPSA) is 98.8 Å². The van der Waals surface area contributed by atoms with Gasteiger partial charge in [-0.1, -0.05) is 37.6 Å². The van der Waals surface area contributed by atoms with Gasteiger partial charge in [0, 0.05) is 6.54 Å². The minimum Gasteiger partial charge on any atom is -0.545 e. The zero-order chi connectivity index (χ0) is 16.8. The fourth-order valence-corrected chi connectivity index (χ4v) is 2.94. The normalized spacial score (nSPS) is 10.6. The van der Waals surface area contributed by atoms with Gasteiger partial charge < -0.3 is 9.90 Å². The Morgan fingerprint density at radius 2 is 2.22 bits per heavy atom. The number of aromatic nitrogens is 2. The first kappa shape index (κ1) is 17.0. The van der Waals surface area contributed by atoms with Gasteiger partial charge in [-0.15, -0.1) is 0 Å². The number of unbranched alkanes of at least 4 members (excludes halogenated alkanes) is 2. The zero-order valence-electron chi connectivity index (χ0n) is 12.7. The standard InChI is InChI=1S/C16H17N3O3S/c1-2-3-4-8-19-14(20)12-6-5-11(15(21)22)10-13(12)18-16(19)23-9-7-17/h5-6,10H,2-4,8-9H2,1H3,(H,21,22)/p-1. The van der Waals surface area contributed by atoms with Gasteiger partial charge >= 0.3 is 0 Å². The second-order valence-corrected chi connectivity index (χ2v) is 5.97. The van der Waals surface area contributed by atoms with Gasteiger partial charge in [0.1, 0.15) is 0 Å². The van der Waals surface area contributed by atoms with Crippen LogP contribution in [0.4, 0.5) is 0 Å². The van der Waals surface area contributed by atoms with Gasteiger partial charge in [0.2, 0.25) is 0 Å². The molecule has 1 heterocycles. The van der Waals surface area contributed by atoms with Gasteiger partial charge in [-0.05, 0) is 24.1 Å². The van der Waals surface area contributed by atoms with E-state index in [0.29, 0.717) is 22.6 Å². The van der Waals surface area contributed by atoms with Gasteiger partial charge in [0.05, 0.1) is 28.7 Å². The summed E-state index contributed by atoms with van der Waals surface area (Å²) in [5.41, 5.74) is 0.0738. The smallest absolute Gasteiger partial charge is 0.262 e. The molecule has 0 saturated heterocycles. The van der Waals surface area contributed by atoms with E-state index in [-0.39, 0.29) is 16.9 Å². The molecule has 0 unspecified atom stereocenters. The van der Waals surface area contributed by atoms with Crippen molar-refractivity contribution in [2.45, 2.75) is 37.9 Å². The molecule has 0 bridgehead atoms. The third-order valence-electron chi connectivity index (χ3n) is 3.41. The summed E-state index contributed by atoms with van der Waals surface area (Å²) in [6, 6.07) is 6.15. The van der Waals surface area contributed by atoms with Gasteiger partial charge in [-0.25, -0.2) is 4.98 Å². The molecule has 23 heavy (non-hydrogen) atoms. The fourth-order valence-electron chi connectivity index (χ4n) is 2.25. The van der Waals surface area contributed by atoms with Crippen LogP contribution in [0.25, 0.3) is 10.9 Å². The highest BCUT2D eigenvalue weighted by Crippen LogP contribution is 2.19. The molecule has 0 fully saturated rings. The molecule has 0 radical (unpaired) electrons. The number of hydrogen-bond donors (Lipinski definition) is 0. The molecule has 2 aromatic rings. The van der Waals surface area contributed by atoms with Crippen LogP contribution in [0.5, 0.6) is 0 Å². The van der Waals surface area contributed by atoms with Gasteiger partial charge in [-0.2, -0.15) is 5.26 Å². The molecule has 0 saturated carbocycles. The Morgan fingerprint density at radius 1 is 1.43 bits per heavy atom. The largest absolute Gasteiger partial charge is 0.545 e. The summed E-state index contributed by atoms with van der Waals surface area (Å²) < 4.78 is 1.57. The van der Waals surface area contributed by atoms with Crippen LogP contribution in [0.3, 0.4) is 0 Å². The molecule has 0 atom stereocenters.